The molecule has 0 N–H and O–H groups in total. The lowest BCUT2D eigenvalue weighted by Gasteiger charge is -2.13. The van der Waals surface area contributed by atoms with E-state index in [1.54, 1.807) is 0 Å². The highest BCUT2D eigenvalue weighted by atomic mass is 16.5. The molecule has 4 rings (SSSR count). The van der Waals surface area contributed by atoms with E-state index in [1.807, 2.05) is 54.6 Å². The third-order valence-electron chi connectivity index (χ3n) is 5.21. The Balaban J connectivity index is 1.46. The minimum Gasteiger partial charge on any atom is -0.494 e. The number of imidazole rings is 1. The van der Waals surface area contributed by atoms with Crippen LogP contribution in [0.5, 0.6) is 11.5 Å². The zero-order chi connectivity index (χ0) is 21.5. The van der Waals surface area contributed by atoms with Gasteiger partial charge in [-0.3, -0.25) is 0 Å². The van der Waals surface area contributed by atoms with E-state index in [2.05, 4.69) is 42.3 Å². The van der Waals surface area contributed by atoms with E-state index in [9.17, 15) is 0 Å². The number of hydrogen-bond acceptors (Lipinski definition) is 3. The first-order valence-corrected chi connectivity index (χ1v) is 10.7. The second-order valence-corrected chi connectivity index (χ2v) is 7.58. The molecule has 0 atom stereocenters. The quantitative estimate of drug-likeness (QED) is 0.232. The van der Waals surface area contributed by atoms with Crippen LogP contribution in [0.1, 0.15) is 23.4 Å². The van der Waals surface area contributed by atoms with Crippen LogP contribution in [0.15, 0.2) is 85.5 Å². The molecular formula is C27H28N2O2. The lowest BCUT2D eigenvalue weighted by atomic mass is 10.1. The van der Waals surface area contributed by atoms with Gasteiger partial charge >= 0.3 is 0 Å². The van der Waals surface area contributed by atoms with E-state index in [1.165, 1.54) is 5.56 Å². The first kappa shape index (κ1) is 20.7. The third-order valence-corrected chi connectivity index (χ3v) is 5.21. The average Bonchev–Trinajstić information content (AvgIpc) is 3.14. The SMILES string of the molecule is C=CCc1ccccc1OCc1nc2ccccc2n1CCCOc1cccc(C)c1. The van der Waals surface area contributed by atoms with Crippen molar-refractivity contribution in [3.05, 3.63) is 102 Å². The zero-order valence-corrected chi connectivity index (χ0v) is 18.0. The van der Waals surface area contributed by atoms with Crippen molar-refractivity contribution in [3.63, 3.8) is 0 Å². The third kappa shape index (κ3) is 5.15. The van der Waals surface area contributed by atoms with Crippen molar-refractivity contribution in [2.75, 3.05) is 6.61 Å². The molecule has 0 fully saturated rings. The number of fused-ring (bicyclic) bond motifs is 1. The molecule has 31 heavy (non-hydrogen) atoms. The van der Waals surface area contributed by atoms with E-state index in [-0.39, 0.29) is 0 Å². The molecule has 0 unspecified atom stereocenters. The number of benzene rings is 3. The van der Waals surface area contributed by atoms with Crippen molar-refractivity contribution in [1.82, 2.24) is 9.55 Å². The van der Waals surface area contributed by atoms with Gasteiger partial charge in [-0.2, -0.15) is 0 Å². The molecule has 0 amide bonds. The van der Waals surface area contributed by atoms with Gasteiger partial charge in [0.1, 0.15) is 23.9 Å². The summed E-state index contributed by atoms with van der Waals surface area (Å²) in [5, 5.41) is 0. The average molecular weight is 413 g/mol. The van der Waals surface area contributed by atoms with Crippen LogP contribution in [0, 0.1) is 6.92 Å². The molecule has 0 aliphatic heterocycles. The summed E-state index contributed by atoms with van der Waals surface area (Å²) in [5.74, 6) is 2.71. The molecule has 4 aromatic rings. The predicted octanol–water partition coefficient (Wildman–Crippen LogP) is 6.12. The zero-order valence-electron chi connectivity index (χ0n) is 18.0. The molecule has 0 saturated carbocycles. The van der Waals surface area contributed by atoms with E-state index < -0.39 is 0 Å². The Morgan fingerprint density at radius 1 is 0.968 bits per heavy atom. The highest BCUT2D eigenvalue weighted by molar-refractivity contribution is 5.75. The van der Waals surface area contributed by atoms with Gasteiger partial charge < -0.3 is 14.0 Å². The number of rotatable bonds is 10. The van der Waals surface area contributed by atoms with Gasteiger partial charge in [-0.15, -0.1) is 6.58 Å². The van der Waals surface area contributed by atoms with Crippen molar-refractivity contribution in [2.24, 2.45) is 0 Å². The monoisotopic (exact) mass is 412 g/mol. The maximum Gasteiger partial charge on any atom is 0.148 e. The van der Waals surface area contributed by atoms with Crippen LogP contribution >= 0.6 is 0 Å². The first-order valence-electron chi connectivity index (χ1n) is 10.7. The van der Waals surface area contributed by atoms with Gasteiger partial charge in [0.15, 0.2) is 0 Å². The molecular weight excluding hydrogens is 384 g/mol. The molecule has 158 valence electrons. The number of aromatic nitrogens is 2. The van der Waals surface area contributed by atoms with Crippen LogP contribution in [0.2, 0.25) is 0 Å². The number of allylic oxidation sites excluding steroid dienone is 1. The molecule has 0 radical (unpaired) electrons. The Hall–Kier alpha value is -3.53. The predicted molar refractivity (Wildman–Crippen MR) is 126 cm³/mol. The first-order chi connectivity index (χ1) is 15.2. The van der Waals surface area contributed by atoms with E-state index in [0.29, 0.717) is 13.2 Å². The molecule has 4 heteroatoms. The summed E-state index contributed by atoms with van der Waals surface area (Å²) in [6, 6.07) is 24.5. The van der Waals surface area contributed by atoms with Crippen LogP contribution in [0.25, 0.3) is 11.0 Å². The Bertz CT molecular complexity index is 1160. The van der Waals surface area contributed by atoms with E-state index in [4.69, 9.17) is 14.5 Å². The number of hydrogen-bond donors (Lipinski definition) is 0. The van der Waals surface area contributed by atoms with E-state index >= 15 is 0 Å². The number of para-hydroxylation sites is 3. The maximum atomic E-state index is 6.17. The molecule has 3 aromatic carbocycles. The summed E-state index contributed by atoms with van der Waals surface area (Å²) in [7, 11) is 0. The smallest absolute Gasteiger partial charge is 0.148 e. The van der Waals surface area contributed by atoms with Crippen molar-refractivity contribution >= 4 is 11.0 Å². The van der Waals surface area contributed by atoms with Gasteiger partial charge in [-0.25, -0.2) is 4.98 Å². The fraction of sp³-hybridized carbons (Fsp3) is 0.222. The Labute approximate surface area is 183 Å². The van der Waals surface area contributed by atoms with Crippen LogP contribution in [-0.4, -0.2) is 16.2 Å². The minimum absolute atomic E-state index is 0.418. The van der Waals surface area contributed by atoms with Gasteiger partial charge in [0, 0.05) is 6.54 Å². The Morgan fingerprint density at radius 3 is 2.68 bits per heavy atom. The maximum absolute atomic E-state index is 6.17. The summed E-state index contributed by atoms with van der Waals surface area (Å²) < 4.78 is 14.3. The summed E-state index contributed by atoms with van der Waals surface area (Å²) in [6.07, 6.45) is 3.56. The topological polar surface area (TPSA) is 36.3 Å². The summed E-state index contributed by atoms with van der Waals surface area (Å²) in [4.78, 5) is 4.83. The van der Waals surface area contributed by atoms with Crippen molar-refractivity contribution in [2.45, 2.75) is 32.9 Å². The van der Waals surface area contributed by atoms with Crippen molar-refractivity contribution in [3.8, 4) is 11.5 Å². The van der Waals surface area contributed by atoms with E-state index in [0.717, 1.165) is 53.3 Å². The largest absolute Gasteiger partial charge is 0.494 e. The van der Waals surface area contributed by atoms with Gasteiger partial charge in [0.05, 0.1) is 17.6 Å². The molecule has 1 heterocycles. The number of ether oxygens (including phenoxy) is 2. The van der Waals surface area contributed by atoms with Gasteiger partial charge in [-0.05, 0) is 61.2 Å². The van der Waals surface area contributed by atoms with Crippen molar-refractivity contribution < 1.29 is 9.47 Å². The normalized spacial score (nSPS) is 10.9. The van der Waals surface area contributed by atoms with Crippen LogP contribution in [0.3, 0.4) is 0 Å². The fourth-order valence-electron chi connectivity index (χ4n) is 3.71. The van der Waals surface area contributed by atoms with Crippen LogP contribution < -0.4 is 9.47 Å². The highest BCUT2D eigenvalue weighted by Gasteiger charge is 2.12. The minimum atomic E-state index is 0.418. The summed E-state index contributed by atoms with van der Waals surface area (Å²) in [6.45, 7) is 7.80. The Morgan fingerprint density at radius 2 is 1.81 bits per heavy atom. The summed E-state index contributed by atoms with van der Waals surface area (Å²) >= 11 is 0. The fourth-order valence-corrected chi connectivity index (χ4v) is 3.71. The standard InChI is InChI=1S/C27H28N2O2/c1-3-10-22-12-4-7-16-26(22)31-20-27-28-24-14-5-6-15-25(24)29(27)17-9-18-30-23-13-8-11-21(2)19-23/h3-8,11-16,19H,1,9-10,17-18,20H2,2H3. The molecule has 0 spiro atoms. The summed E-state index contributed by atoms with van der Waals surface area (Å²) in [5.41, 5.74) is 4.44. The number of nitrogens with zero attached hydrogens (tertiary/aromatic N) is 2. The molecule has 0 aliphatic rings. The molecule has 4 nitrogen and oxygen atoms in total. The molecule has 0 bridgehead atoms. The molecule has 0 aliphatic carbocycles. The lowest BCUT2D eigenvalue weighted by Crippen LogP contribution is -2.10. The molecule has 1 aromatic heterocycles. The second-order valence-electron chi connectivity index (χ2n) is 7.58. The highest BCUT2D eigenvalue weighted by Crippen LogP contribution is 2.22. The lowest BCUT2D eigenvalue weighted by molar-refractivity contribution is 0.278. The van der Waals surface area contributed by atoms with Crippen molar-refractivity contribution in [1.29, 1.82) is 0 Å². The van der Waals surface area contributed by atoms with Gasteiger partial charge in [-0.1, -0.05) is 48.5 Å². The second kappa shape index (κ2) is 9.98. The number of aryl methyl sites for hydroxylation is 2. The van der Waals surface area contributed by atoms with Gasteiger partial charge in [0.25, 0.3) is 0 Å². The Kier molecular flexibility index (Phi) is 6.68. The van der Waals surface area contributed by atoms with Crippen LogP contribution in [0.4, 0.5) is 0 Å². The van der Waals surface area contributed by atoms with Gasteiger partial charge in [0.2, 0.25) is 0 Å². The molecule has 0 saturated heterocycles. The van der Waals surface area contributed by atoms with Crippen LogP contribution in [-0.2, 0) is 19.6 Å².